The first-order valence-corrected chi connectivity index (χ1v) is 4.41. The van der Waals surface area contributed by atoms with E-state index < -0.39 is 0 Å². The van der Waals surface area contributed by atoms with Gasteiger partial charge in [-0.15, -0.1) is 0 Å². The summed E-state index contributed by atoms with van der Waals surface area (Å²) in [7, 11) is 0. The Hall–Kier alpha value is -0.260. The van der Waals surface area contributed by atoms with E-state index >= 15 is 0 Å². The summed E-state index contributed by atoms with van der Waals surface area (Å²) >= 11 is 0. The molecule has 1 saturated carbocycles. The van der Waals surface area contributed by atoms with Gasteiger partial charge in [-0.25, -0.2) is 0 Å². The Morgan fingerprint density at radius 3 is 2.20 bits per heavy atom. The number of hydrogen-bond donors (Lipinski definition) is 0. The molecule has 0 radical (unpaired) electrons. The van der Waals surface area contributed by atoms with Gasteiger partial charge in [-0.05, 0) is 25.2 Å². The molecule has 0 nitrogen and oxygen atoms in total. The van der Waals surface area contributed by atoms with E-state index in [1.54, 1.807) is 0 Å². The van der Waals surface area contributed by atoms with Gasteiger partial charge in [0.15, 0.2) is 0 Å². The van der Waals surface area contributed by atoms with Gasteiger partial charge in [0.25, 0.3) is 0 Å². The molecule has 0 amide bonds. The second kappa shape index (κ2) is 3.23. The lowest BCUT2D eigenvalue weighted by Crippen LogP contribution is -2.16. The molecule has 0 heterocycles. The van der Waals surface area contributed by atoms with Gasteiger partial charge in [0, 0.05) is 0 Å². The third-order valence-electron chi connectivity index (χ3n) is 2.56. The Bertz CT molecular complexity index is 116. The van der Waals surface area contributed by atoms with Crippen molar-refractivity contribution in [2.75, 3.05) is 0 Å². The van der Waals surface area contributed by atoms with Crippen LogP contribution in [0.15, 0.2) is 12.2 Å². The number of rotatable bonds is 1. The van der Waals surface area contributed by atoms with Gasteiger partial charge >= 0.3 is 0 Å². The molecule has 10 heavy (non-hydrogen) atoms. The third kappa shape index (κ3) is 1.86. The maximum Gasteiger partial charge on any atom is -0.0147 e. The van der Waals surface area contributed by atoms with E-state index in [2.05, 4.69) is 26.0 Å². The Labute approximate surface area is 64.3 Å². The fraction of sp³-hybridized carbons (Fsp3) is 0.800. The van der Waals surface area contributed by atoms with E-state index in [1.165, 1.54) is 32.1 Å². The Balaban J connectivity index is 2.48. The molecule has 1 aliphatic rings. The third-order valence-corrected chi connectivity index (χ3v) is 2.56. The largest absolute Gasteiger partial charge is 0.0911 e. The summed E-state index contributed by atoms with van der Waals surface area (Å²) in [5, 5.41) is 0. The topological polar surface area (TPSA) is 0 Å². The van der Waals surface area contributed by atoms with Crippen LogP contribution in [0.1, 0.15) is 46.0 Å². The van der Waals surface area contributed by atoms with Gasteiger partial charge in [-0.3, -0.25) is 0 Å². The van der Waals surface area contributed by atoms with Gasteiger partial charge in [-0.2, -0.15) is 0 Å². The predicted molar refractivity (Wildman–Crippen MR) is 46.0 cm³/mol. The van der Waals surface area contributed by atoms with Crippen LogP contribution in [0.3, 0.4) is 0 Å². The Morgan fingerprint density at radius 1 is 1.10 bits per heavy atom. The Kier molecular flexibility index (Phi) is 2.53. The molecule has 0 aliphatic heterocycles. The molecule has 58 valence electrons. The average molecular weight is 138 g/mol. The summed E-state index contributed by atoms with van der Waals surface area (Å²) in [5.41, 5.74) is 0.549. The van der Waals surface area contributed by atoms with Crippen molar-refractivity contribution in [1.82, 2.24) is 0 Å². The van der Waals surface area contributed by atoms with Crippen molar-refractivity contribution >= 4 is 0 Å². The monoisotopic (exact) mass is 138 g/mol. The molecule has 0 aromatic heterocycles. The van der Waals surface area contributed by atoms with Gasteiger partial charge in [0.05, 0.1) is 0 Å². The minimum atomic E-state index is 0.549. The van der Waals surface area contributed by atoms with Crippen LogP contribution in [0, 0.1) is 5.41 Å². The van der Waals surface area contributed by atoms with Crippen molar-refractivity contribution in [2.24, 2.45) is 5.41 Å². The van der Waals surface area contributed by atoms with Crippen molar-refractivity contribution in [3.63, 3.8) is 0 Å². The molecule has 0 N–H and O–H groups in total. The normalized spacial score (nSPS) is 25.4. The van der Waals surface area contributed by atoms with E-state index in [1.807, 2.05) is 0 Å². The summed E-state index contributed by atoms with van der Waals surface area (Å²) in [4.78, 5) is 0. The van der Waals surface area contributed by atoms with E-state index in [-0.39, 0.29) is 0 Å². The molecule has 1 fully saturated rings. The highest BCUT2D eigenvalue weighted by molar-refractivity contribution is 4.96. The fourth-order valence-electron chi connectivity index (χ4n) is 1.93. The lowest BCUT2D eigenvalue weighted by atomic mass is 9.76. The zero-order valence-corrected chi connectivity index (χ0v) is 7.19. The smallest absolute Gasteiger partial charge is 0.0147 e. The summed E-state index contributed by atoms with van der Waals surface area (Å²) in [6, 6.07) is 0. The van der Waals surface area contributed by atoms with Crippen LogP contribution in [0.25, 0.3) is 0 Å². The van der Waals surface area contributed by atoms with E-state index in [4.69, 9.17) is 0 Å². The summed E-state index contributed by atoms with van der Waals surface area (Å²) < 4.78 is 0. The first-order valence-electron chi connectivity index (χ1n) is 4.41. The van der Waals surface area contributed by atoms with Crippen molar-refractivity contribution in [2.45, 2.75) is 46.0 Å². The minimum absolute atomic E-state index is 0.549. The number of allylic oxidation sites excluding steroid dienone is 2. The van der Waals surface area contributed by atoms with Crippen LogP contribution in [0.4, 0.5) is 0 Å². The molecule has 0 unspecified atom stereocenters. The SMILES string of the molecule is CC=CC1(C)CCCCC1. The summed E-state index contributed by atoms with van der Waals surface area (Å²) in [6.45, 7) is 4.51. The minimum Gasteiger partial charge on any atom is -0.0911 e. The first kappa shape index (κ1) is 7.84. The van der Waals surface area contributed by atoms with Crippen LogP contribution in [-0.2, 0) is 0 Å². The van der Waals surface area contributed by atoms with Gasteiger partial charge in [0.2, 0.25) is 0 Å². The van der Waals surface area contributed by atoms with E-state index in [9.17, 15) is 0 Å². The van der Waals surface area contributed by atoms with Crippen molar-refractivity contribution in [3.8, 4) is 0 Å². The van der Waals surface area contributed by atoms with Crippen molar-refractivity contribution in [3.05, 3.63) is 12.2 Å². The van der Waals surface area contributed by atoms with E-state index in [0.29, 0.717) is 5.41 Å². The lowest BCUT2D eigenvalue weighted by Gasteiger charge is -2.30. The van der Waals surface area contributed by atoms with Gasteiger partial charge in [-0.1, -0.05) is 38.3 Å². The van der Waals surface area contributed by atoms with Crippen LogP contribution >= 0.6 is 0 Å². The summed E-state index contributed by atoms with van der Waals surface area (Å²) in [5.74, 6) is 0. The molecule has 0 saturated heterocycles. The molecular formula is C10H18. The van der Waals surface area contributed by atoms with Crippen molar-refractivity contribution in [1.29, 1.82) is 0 Å². The standard InChI is InChI=1S/C10H18/c1-3-7-10(2)8-5-4-6-9-10/h3,7H,4-6,8-9H2,1-2H3. The van der Waals surface area contributed by atoms with Crippen LogP contribution in [-0.4, -0.2) is 0 Å². The highest BCUT2D eigenvalue weighted by atomic mass is 14.3. The number of hydrogen-bond acceptors (Lipinski definition) is 0. The first-order chi connectivity index (χ1) is 4.77. The quantitative estimate of drug-likeness (QED) is 0.486. The van der Waals surface area contributed by atoms with E-state index in [0.717, 1.165) is 0 Å². The fourth-order valence-corrected chi connectivity index (χ4v) is 1.93. The Morgan fingerprint density at radius 2 is 1.70 bits per heavy atom. The molecule has 0 aromatic carbocycles. The molecule has 1 rings (SSSR count). The average Bonchev–Trinajstić information content (AvgIpc) is 1.89. The highest BCUT2D eigenvalue weighted by Gasteiger charge is 2.22. The molecular weight excluding hydrogens is 120 g/mol. The molecule has 0 heteroatoms. The molecule has 1 aliphatic carbocycles. The van der Waals surface area contributed by atoms with Crippen molar-refractivity contribution < 1.29 is 0 Å². The van der Waals surface area contributed by atoms with Gasteiger partial charge < -0.3 is 0 Å². The molecule has 0 bridgehead atoms. The van der Waals surface area contributed by atoms with Gasteiger partial charge in [0.1, 0.15) is 0 Å². The lowest BCUT2D eigenvalue weighted by molar-refractivity contribution is 0.286. The summed E-state index contributed by atoms with van der Waals surface area (Å²) in [6.07, 6.45) is 11.7. The zero-order chi connectivity index (χ0) is 7.45. The molecule has 0 aromatic rings. The van der Waals surface area contributed by atoms with Crippen LogP contribution < -0.4 is 0 Å². The predicted octanol–water partition coefficient (Wildman–Crippen LogP) is 3.53. The maximum absolute atomic E-state index is 2.38. The molecule has 0 atom stereocenters. The molecule has 0 spiro atoms. The van der Waals surface area contributed by atoms with Crippen LogP contribution in [0.5, 0.6) is 0 Å². The van der Waals surface area contributed by atoms with Crippen LogP contribution in [0.2, 0.25) is 0 Å². The highest BCUT2D eigenvalue weighted by Crippen LogP contribution is 2.36. The maximum atomic E-state index is 2.38. The second-order valence-electron chi connectivity index (χ2n) is 3.71. The second-order valence-corrected chi connectivity index (χ2v) is 3.71. The zero-order valence-electron chi connectivity index (χ0n) is 7.19.